The Morgan fingerprint density at radius 3 is 2.53 bits per heavy atom. The fourth-order valence-corrected chi connectivity index (χ4v) is 4.10. The van der Waals surface area contributed by atoms with E-state index in [1.54, 1.807) is 30.9 Å². The first-order valence-electron chi connectivity index (χ1n) is 11.1. The molecule has 8 nitrogen and oxygen atoms in total. The van der Waals surface area contributed by atoms with Gasteiger partial charge < -0.3 is 15.6 Å². The van der Waals surface area contributed by atoms with Crippen molar-refractivity contribution in [1.82, 2.24) is 25.4 Å². The summed E-state index contributed by atoms with van der Waals surface area (Å²) in [5.74, 6) is -0.527. The van der Waals surface area contributed by atoms with Crippen LogP contribution in [0.3, 0.4) is 0 Å². The van der Waals surface area contributed by atoms with Gasteiger partial charge in [-0.05, 0) is 54.3 Å². The maximum atomic E-state index is 13.0. The Balaban J connectivity index is 1.57. The van der Waals surface area contributed by atoms with E-state index in [1.807, 2.05) is 49.4 Å². The number of nitrogens with zero attached hydrogens (tertiary/aromatic N) is 2. The molecule has 2 heterocycles. The lowest BCUT2D eigenvalue weighted by molar-refractivity contribution is -0.122. The fourth-order valence-electron chi connectivity index (χ4n) is 4.10. The van der Waals surface area contributed by atoms with Crippen molar-refractivity contribution in [3.63, 3.8) is 0 Å². The van der Waals surface area contributed by atoms with E-state index in [0.29, 0.717) is 16.8 Å². The SMILES string of the molecule is Cc1cnn(CC(=O)NC(CNC(=O)c2c(C)cc(=O)[nH]c2C)c2ccc3ccccc3c2)c1. The van der Waals surface area contributed by atoms with E-state index in [2.05, 4.69) is 20.7 Å². The van der Waals surface area contributed by atoms with Crippen LogP contribution in [0.5, 0.6) is 0 Å². The van der Waals surface area contributed by atoms with Crippen molar-refractivity contribution in [2.45, 2.75) is 33.4 Å². The summed E-state index contributed by atoms with van der Waals surface area (Å²) in [5.41, 5.74) is 3.12. The number of amides is 2. The summed E-state index contributed by atoms with van der Waals surface area (Å²) in [7, 11) is 0. The maximum Gasteiger partial charge on any atom is 0.253 e. The average molecular weight is 458 g/mol. The predicted octanol–water partition coefficient (Wildman–Crippen LogP) is 2.94. The predicted molar refractivity (Wildman–Crippen MR) is 131 cm³/mol. The topological polar surface area (TPSA) is 109 Å². The number of pyridine rings is 1. The number of carbonyl (C=O) groups excluding carboxylic acids is 2. The van der Waals surface area contributed by atoms with E-state index in [4.69, 9.17) is 0 Å². The van der Waals surface area contributed by atoms with Crippen LogP contribution in [-0.4, -0.2) is 33.1 Å². The first-order chi connectivity index (χ1) is 16.3. The van der Waals surface area contributed by atoms with Gasteiger partial charge in [-0.1, -0.05) is 36.4 Å². The summed E-state index contributed by atoms with van der Waals surface area (Å²) in [6.45, 7) is 5.59. The van der Waals surface area contributed by atoms with Gasteiger partial charge in [-0.3, -0.25) is 19.1 Å². The van der Waals surface area contributed by atoms with Crippen LogP contribution in [0.2, 0.25) is 0 Å². The highest BCUT2D eigenvalue weighted by Crippen LogP contribution is 2.21. The van der Waals surface area contributed by atoms with Crippen LogP contribution in [0, 0.1) is 20.8 Å². The van der Waals surface area contributed by atoms with Crippen molar-refractivity contribution < 1.29 is 9.59 Å². The van der Waals surface area contributed by atoms with Crippen LogP contribution in [-0.2, 0) is 11.3 Å². The number of nitrogens with one attached hydrogen (secondary N) is 3. The van der Waals surface area contributed by atoms with Crippen LogP contribution < -0.4 is 16.2 Å². The summed E-state index contributed by atoms with van der Waals surface area (Å²) >= 11 is 0. The molecule has 8 heteroatoms. The molecule has 0 aliphatic heterocycles. The molecule has 4 rings (SSSR count). The van der Waals surface area contributed by atoms with Crippen LogP contribution in [0.1, 0.15) is 38.8 Å². The number of aromatic amines is 1. The smallest absolute Gasteiger partial charge is 0.253 e. The quantitative estimate of drug-likeness (QED) is 0.396. The minimum absolute atomic E-state index is 0.0734. The molecule has 0 fully saturated rings. The van der Waals surface area contributed by atoms with Gasteiger partial charge in [0.25, 0.3) is 5.91 Å². The standard InChI is InChI=1S/C26H27N5O3/c1-16-12-28-31(14-16)15-24(33)30-22(21-9-8-19-6-4-5-7-20(19)11-21)13-27-26(34)25-17(2)10-23(32)29-18(25)3/h4-12,14,22H,13,15H2,1-3H3,(H,27,34)(H,29,32)(H,30,33). The number of benzene rings is 2. The normalized spacial score (nSPS) is 11.9. The Kier molecular flexibility index (Phi) is 6.58. The summed E-state index contributed by atoms with van der Waals surface area (Å²) in [6.07, 6.45) is 3.50. The molecule has 2 amide bonds. The highest BCUT2D eigenvalue weighted by atomic mass is 16.2. The van der Waals surface area contributed by atoms with Gasteiger partial charge in [0.05, 0.1) is 17.8 Å². The minimum atomic E-state index is -0.457. The third kappa shape index (κ3) is 5.23. The molecule has 0 spiro atoms. The maximum absolute atomic E-state index is 13.0. The zero-order valence-electron chi connectivity index (χ0n) is 19.4. The Morgan fingerprint density at radius 2 is 1.82 bits per heavy atom. The Hall–Kier alpha value is -4.20. The second-order valence-electron chi connectivity index (χ2n) is 8.47. The first kappa shape index (κ1) is 23.0. The van der Waals surface area contributed by atoms with Gasteiger partial charge in [0.15, 0.2) is 0 Å². The number of aromatic nitrogens is 3. The van der Waals surface area contributed by atoms with E-state index >= 15 is 0 Å². The molecule has 0 radical (unpaired) electrons. The van der Waals surface area contributed by atoms with Crippen LogP contribution in [0.4, 0.5) is 0 Å². The third-order valence-electron chi connectivity index (χ3n) is 5.70. The number of H-pyrrole nitrogens is 1. The molecule has 1 unspecified atom stereocenters. The average Bonchev–Trinajstić information content (AvgIpc) is 3.19. The van der Waals surface area contributed by atoms with E-state index in [0.717, 1.165) is 21.9 Å². The van der Waals surface area contributed by atoms with Crippen molar-refractivity contribution in [3.05, 3.63) is 99.2 Å². The molecule has 3 N–H and O–H groups in total. The number of fused-ring (bicyclic) bond motifs is 1. The van der Waals surface area contributed by atoms with Gasteiger partial charge in [-0.25, -0.2) is 0 Å². The van der Waals surface area contributed by atoms with Crippen molar-refractivity contribution in [3.8, 4) is 0 Å². The van der Waals surface area contributed by atoms with Crippen molar-refractivity contribution >= 4 is 22.6 Å². The van der Waals surface area contributed by atoms with Gasteiger partial charge in [-0.2, -0.15) is 5.10 Å². The number of rotatable bonds is 7. The summed E-state index contributed by atoms with van der Waals surface area (Å²) < 4.78 is 1.58. The second-order valence-corrected chi connectivity index (χ2v) is 8.47. The van der Waals surface area contributed by atoms with Gasteiger partial charge >= 0.3 is 0 Å². The summed E-state index contributed by atoms with van der Waals surface area (Å²) in [5, 5.41) is 12.3. The number of aryl methyl sites for hydroxylation is 3. The molecule has 0 saturated carbocycles. The third-order valence-corrected chi connectivity index (χ3v) is 5.70. The van der Waals surface area contributed by atoms with Gasteiger partial charge in [-0.15, -0.1) is 0 Å². The van der Waals surface area contributed by atoms with Gasteiger partial charge in [0.2, 0.25) is 11.5 Å². The minimum Gasteiger partial charge on any atom is -0.350 e. The van der Waals surface area contributed by atoms with E-state index in [9.17, 15) is 14.4 Å². The highest BCUT2D eigenvalue weighted by molar-refractivity contribution is 5.96. The van der Waals surface area contributed by atoms with E-state index in [1.165, 1.54) is 6.07 Å². The summed E-state index contributed by atoms with van der Waals surface area (Å²) in [6, 6.07) is 14.9. The lowest BCUT2D eigenvalue weighted by Gasteiger charge is -2.21. The molecule has 4 aromatic rings. The lowest BCUT2D eigenvalue weighted by atomic mass is 10.0. The van der Waals surface area contributed by atoms with Crippen LogP contribution in [0.15, 0.2) is 65.7 Å². The largest absolute Gasteiger partial charge is 0.350 e. The first-order valence-corrected chi connectivity index (χ1v) is 11.1. The van der Waals surface area contributed by atoms with Crippen molar-refractivity contribution in [1.29, 1.82) is 0 Å². The molecule has 0 bridgehead atoms. The number of carbonyl (C=O) groups is 2. The number of hydrogen-bond donors (Lipinski definition) is 3. The van der Waals surface area contributed by atoms with Crippen LogP contribution >= 0.6 is 0 Å². The van der Waals surface area contributed by atoms with E-state index < -0.39 is 6.04 Å². The Labute approximate surface area is 197 Å². The lowest BCUT2D eigenvalue weighted by Crippen LogP contribution is -2.39. The zero-order valence-corrected chi connectivity index (χ0v) is 19.4. The molecule has 0 aliphatic carbocycles. The van der Waals surface area contributed by atoms with Crippen molar-refractivity contribution in [2.75, 3.05) is 6.54 Å². The second kappa shape index (κ2) is 9.74. The molecule has 0 saturated heterocycles. The molecule has 2 aromatic carbocycles. The van der Waals surface area contributed by atoms with E-state index in [-0.39, 0.29) is 30.5 Å². The Morgan fingerprint density at radius 1 is 1.06 bits per heavy atom. The van der Waals surface area contributed by atoms with Crippen LogP contribution in [0.25, 0.3) is 10.8 Å². The molecular formula is C26H27N5O3. The molecule has 0 aliphatic rings. The fraction of sp³-hybridized carbons (Fsp3) is 0.231. The highest BCUT2D eigenvalue weighted by Gasteiger charge is 2.19. The molecule has 2 aromatic heterocycles. The molecule has 34 heavy (non-hydrogen) atoms. The number of hydrogen-bond acceptors (Lipinski definition) is 4. The zero-order chi connectivity index (χ0) is 24.2. The monoisotopic (exact) mass is 457 g/mol. The van der Waals surface area contributed by atoms with Gasteiger partial charge in [0, 0.05) is 24.5 Å². The molecular weight excluding hydrogens is 430 g/mol. The van der Waals surface area contributed by atoms with Crippen molar-refractivity contribution in [2.24, 2.45) is 0 Å². The Bertz CT molecular complexity index is 1390. The summed E-state index contributed by atoms with van der Waals surface area (Å²) in [4.78, 5) is 40.1. The molecule has 174 valence electrons. The van der Waals surface area contributed by atoms with Gasteiger partial charge in [0.1, 0.15) is 6.54 Å². The molecule has 1 atom stereocenters.